The van der Waals surface area contributed by atoms with Crippen LogP contribution in [-0.2, 0) is 4.79 Å². The first-order chi connectivity index (χ1) is 24.2. The van der Waals surface area contributed by atoms with Gasteiger partial charge >= 0.3 is 0 Å². The number of carbonyl (C=O) groups is 1. The molecule has 0 spiro atoms. The topological polar surface area (TPSA) is 26.8 Å². The van der Waals surface area contributed by atoms with Crippen LogP contribution in [0.3, 0.4) is 0 Å². The van der Waals surface area contributed by atoms with Crippen molar-refractivity contribution in [2.24, 2.45) is 17.8 Å². The number of rotatable bonds is 11. The smallest absolute Gasteiger partial charge is 0.234 e. The molecule has 6 aromatic carbocycles. The third-order valence-corrected chi connectivity index (χ3v) is 9.65. The minimum Gasteiger partial charge on any atom is -0.341 e. The lowest BCUT2D eigenvalue weighted by molar-refractivity contribution is -0.123. The van der Waals surface area contributed by atoms with E-state index in [9.17, 15) is 4.79 Å². The Bertz CT molecular complexity index is 1660. The zero-order chi connectivity index (χ0) is 33.3. The maximum atomic E-state index is 14.9. The monoisotopic (exact) mass is 641 g/mol. The lowest BCUT2D eigenvalue weighted by atomic mass is 9.73. The van der Waals surface area contributed by atoms with Gasteiger partial charge in [-0.15, -0.1) is 0 Å². The number of benzene rings is 6. The minimum absolute atomic E-state index is 0.133. The summed E-state index contributed by atoms with van der Waals surface area (Å²) in [6.07, 6.45) is 2.70. The molecular weight excluding hydrogens is 599 g/mol. The molecule has 7 rings (SSSR count). The third-order valence-electron chi connectivity index (χ3n) is 9.65. The lowest BCUT2D eigenvalue weighted by Crippen LogP contribution is -2.42. The highest BCUT2D eigenvalue weighted by molar-refractivity contribution is 6.01. The summed E-state index contributed by atoms with van der Waals surface area (Å²) in [6.45, 7) is 1.67. The molecule has 244 valence electrons. The van der Waals surface area contributed by atoms with Gasteiger partial charge in [-0.3, -0.25) is 9.69 Å². The molecule has 0 radical (unpaired) electrons. The van der Waals surface area contributed by atoms with Crippen LogP contribution in [0.25, 0.3) is 0 Å². The predicted molar refractivity (Wildman–Crippen MR) is 204 cm³/mol. The number of hydrogen-bond acceptors (Lipinski definition) is 3. The van der Waals surface area contributed by atoms with Gasteiger partial charge in [-0.05, 0) is 104 Å². The predicted octanol–water partition coefficient (Wildman–Crippen LogP) is 11.1. The lowest BCUT2D eigenvalue weighted by Gasteiger charge is -2.41. The van der Waals surface area contributed by atoms with Crippen molar-refractivity contribution in [3.8, 4) is 0 Å². The number of nitrogens with zero attached hydrogens (tertiary/aromatic N) is 3. The summed E-state index contributed by atoms with van der Waals surface area (Å²) in [5.41, 5.74) is 6.49. The molecule has 0 aromatic heterocycles. The van der Waals surface area contributed by atoms with Crippen LogP contribution in [0.15, 0.2) is 182 Å². The van der Waals surface area contributed by atoms with Gasteiger partial charge in [-0.2, -0.15) is 0 Å². The van der Waals surface area contributed by atoms with Crippen LogP contribution in [0.5, 0.6) is 0 Å². The Balaban J connectivity index is 1.25. The van der Waals surface area contributed by atoms with Crippen molar-refractivity contribution in [3.63, 3.8) is 0 Å². The van der Waals surface area contributed by atoms with Crippen LogP contribution in [0.4, 0.5) is 34.1 Å². The average molecular weight is 642 g/mol. The normalized spacial score (nSPS) is 17.2. The summed E-state index contributed by atoms with van der Waals surface area (Å²) in [5.74, 6) is 0.639. The molecule has 0 N–H and O–H groups in total. The number of hydrogen-bond donors (Lipinski definition) is 0. The van der Waals surface area contributed by atoms with E-state index in [2.05, 4.69) is 131 Å². The Kier molecular flexibility index (Phi) is 10.1. The maximum Gasteiger partial charge on any atom is 0.234 e. The van der Waals surface area contributed by atoms with E-state index in [1.165, 1.54) is 22.7 Å². The van der Waals surface area contributed by atoms with Gasteiger partial charge in [0.15, 0.2) is 0 Å². The zero-order valence-electron chi connectivity index (χ0n) is 27.8. The SMILES string of the molecule is O=C(C1CC(CN(c2ccccc2)c2ccccc2)CC(CN(c2ccccc2)c2ccccc2)C1)N(c1ccccc1)c1ccccc1. The van der Waals surface area contributed by atoms with E-state index >= 15 is 0 Å². The van der Waals surface area contributed by atoms with E-state index in [0.717, 1.165) is 43.7 Å². The van der Waals surface area contributed by atoms with Crippen LogP contribution in [0.1, 0.15) is 19.3 Å². The summed E-state index contributed by atoms with van der Waals surface area (Å²) in [5, 5.41) is 0. The van der Waals surface area contributed by atoms with Gasteiger partial charge in [-0.25, -0.2) is 0 Å². The van der Waals surface area contributed by atoms with E-state index in [4.69, 9.17) is 0 Å². The van der Waals surface area contributed by atoms with Gasteiger partial charge in [0, 0.05) is 53.1 Å². The van der Waals surface area contributed by atoms with Gasteiger partial charge in [0.2, 0.25) is 5.91 Å². The number of amides is 1. The standard InChI is InChI=1S/C45H43N3O/c49-45(48(43-27-15-5-16-28-43)44-29-17-6-18-30-44)38-32-36(34-46(39-19-7-1-8-20-39)40-21-9-2-10-22-40)31-37(33-38)35-47(41-23-11-3-12-24-41)42-25-13-4-14-26-42/h1-30,36-38H,31-35H2. The quantitative estimate of drug-likeness (QED) is 0.141. The first-order valence-corrected chi connectivity index (χ1v) is 17.4. The van der Waals surface area contributed by atoms with Gasteiger partial charge in [-0.1, -0.05) is 109 Å². The van der Waals surface area contributed by atoms with Crippen LogP contribution in [0.2, 0.25) is 0 Å². The molecule has 0 saturated heterocycles. The molecule has 1 saturated carbocycles. The van der Waals surface area contributed by atoms with E-state index in [1.54, 1.807) is 0 Å². The van der Waals surface area contributed by atoms with Crippen molar-refractivity contribution in [2.75, 3.05) is 27.8 Å². The van der Waals surface area contributed by atoms with Crippen molar-refractivity contribution in [2.45, 2.75) is 19.3 Å². The van der Waals surface area contributed by atoms with Crippen molar-refractivity contribution >= 4 is 40.0 Å². The maximum absolute atomic E-state index is 14.9. The molecule has 0 aliphatic heterocycles. The first kappa shape index (κ1) is 32.0. The first-order valence-electron chi connectivity index (χ1n) is 17.4. The minimum atomic E-state index is -0.133. The second-order valence-electron chi connectivity index (χ2n) is 13.0. The Morgan fingerprint density at radius 2 is 0.653 bits per heavy atom. The summed E-state index contributed by atoms with van der Waals surface area (Å²) >= 11 is 0. The molecular formula is C45H43N3O. The molecule has 4 nitrogen and oxygen atoms in total. The van der Waals surface area contributed by atoms with Crippen LogP contribution in [-0.4, -0.2) is 19.0 Å². The zero-order valence-corrected chi connectivity index (χ0v) is 27.8. The molecule has 49 heavy (non-hydrogen) atoms. The largest absolute Gasteiger partial charge is 0.341 e. The third kappa shape index (κ3) is 7.76. The molecule has 6 aromatic rings. The van der Waals surface area contributed by atoms with Crippen molar-refractivity contribution in [3.05, 3.63) is 182 Å². The second-order valence-corrected chi connectivity index (χ2v) is 13.0. The fourth-order valence-electron chi connectivity index (χ4n) is 7.47. The highest BCUT2D eigenvalue weighted by Gasteiger charge is 2.37. The number of anilines is 6. The molecule has 0 bridgehead atoms. The summed E-state index contributed by atoms with van der Waals surface area (Å²) < 4.78 is 0. The van der Waals surface area contributed by atoms with Crippen molar-refractivity contribution < 1.29 is 4.79 Å². The van der Waals surface area contributed by atoms with Crippen LogP contribution >= 0.6 is 0 Å². The van der Waals surface area contributed by atoms with Gasteiger partial charge in [0.1, 0.15) is 0 Å². The highest BCUT2D eigenvalue weighted by atomic mass is 16.2. The fraction of sp³-hybridized carbons (Fsp3) is 0.178. The Morgan fingerprint density at radius 1 is 0.388 bits per heavy atom. The van der Waals surface area contributed by atoms with Gasteiger partial charge in [0.05, 0.1) is 0 Å². The Labute approximate surface area is 290 Å². The van der Waals surface area contributed by atoms with Crippen molar-refractivity contribution in [1.82, 2.24) is 0 Å². The van der Waals surface area contributed by atoms with E-state index in [1.807, 2.05) is 65.6 Å². The molecule has 0 heterocycles. The second kappa shape index (κ2) is 15.5. The van der Waals surface area contributed by atoms with Crippen LogP contribution < -0.4 is 14.7 Å². The van der Waals surface area contributed by atoms with Crippen molar-refractivity contribution in [1.29, 1.82) is 0 Å². The van der Waals surface area contributed by atoms with E-state index < -0.39 is 0 Å². The van der Waals surface area contributed by atoms with Crippen LogP contribution in [0, 0.1) is 17.8 Å². The van der Waals surface area contributed by atoms with Gasteiger partial charge in [0.25, 0.3) is 0 Å². The number of para-hydroxylation sites is 6. The molecule has 1 aliphatic rings. The molecule has 1 aliphatic carbocycles. The molecule has 4 heteroatoms. The Hall–Kier alpha value is -5.61. The Morgan fingerprint density at radius 3 is 0.939 bits per heavy atom. The summed E-state index contributed by atoms with van der Waals surface area (Å²) in [7, 11) is 0. The summed E-state index contributed by atoms with van der Waals surface area (Å²) in [6, 6.07) is 62.9. The average Bonchev–Trinajstić information content (AvgIpc) is 3.18. The number of carbonyl (C=O) groups excluding carboxylic acids is 1. The molecule has 2 atom stereocenters. The summed E-state index contributed by atoms with van der Waals surface area (Å²) in [4.78, 5) is 21.8. The van der Waals surface area contributed by atoms with E-state index in [0.29, 0.717) is 11.8 Å². The van der Waals surface area contributed by atoms with E-state index in [-0.39, 0.29) is 11.8 Å². The highest BCUT2D eigenvalue weighted by Crippen LogP contribution is 2.41. The molecule has 2 unspecified atom stereocenters. The molecule has 1 amide bonds. The van der Waals surface area contributed by atoms with Gasteiger partial charge < -0.3 is 9.80 Å². The molecule has 1 fully saturated rings. The fourth-order valence-corrected chi connectivity index (χ4v) is 7.47.